The Balaban J connectivity index is 3.21. The third kappa shape index (κ3) is 4.89. The van der Waals surface area contributed by atoms with Crippen molar-refractivity contribution in [3.63, 3.8) is 0 Å². The van der Waals surface area contributed by atoms with Gasteiger partial charge >= 0.3 is 0 Å². The minimum Gasteiger partial charge on any atom is -0.493 e. The Morgan fingerprint density at radius 2 is 2.05 bits per heavy atom. The van der Waals surface area contributed by atoms with Crippen molar-refractivity contribution in [1.82, 2.24) is 0 Å². The van der Waals surface area contributed by atoms with E-state index in [1.807, 2.05) is 0 Å². The summed E-state index contributed by atoms with van der Waals surface area (Å²) in [7, 11) is 8.03. The maximum atomic E-state index is 12.5. The first-order chi connectivity index (χ1) is 8.76. The van der Waals surface area contributed by atoms with E-state index in [1.54, 1.807) is 0 Å². The van der Waals surface area contributed by atoms with Gasteiger partial charge in [-0.25, -0.2) is 0 Å². The highest BCUT2D eigenvalue weighted by molar-refractivity contribution is 7.99. The lowest BCUT2D eigenvalue weighted by molar-refractivity contribution is 0.136. The number of hydrogen-bond acceptors (Lipinski definition) is 5. The molecule has 0 aliphatic rings. The number of aliphatic hydroxyl groups is 1. The SMILES string of the molecule is [B]C(N)(O)Cc1cc(OC)c(OC)c(SC(F)F)c1. The first-order valence-corrected chi connectivity index (χ1v) is 6.14. The normalized spacial score (nSPS) is 14.3. The van der Waals surface area contributed by atoms with E-state index in [1.165, 1.54) is 26.4 Å². The van der Waals surface area contributed by atoms with Crippen molar-refractivity contribution < 1.29 is 23.4 Å². The number of alkyl halides is 2. The highest BCUT2D eigenvalue weighted by Crippen LogP contribution is 2.41. The maximum Gasteiger partial charge on any atom is 0.289 e. The van der Waals surface area contributed by atoms with Gasteiger partial charge in [0.1, 0.15) is 7.85 Å². The standard InChI is InChI=1S/C11H14BF2NO3S/c1-17-7-3-6(5-11(12,15)16)4-8(9(7)18-2)19-10(13)14/h3-4,10,16H,5,15H2,1-2H3. The number of ether oxygens (including phenoxy) is 2. The first-order valence-electron chi connectivity index (χ1n) is 5.26. The van der Waals surface area contributed by atoms with E-state index in [9.17, 15) is 13.9 Å². The zero-order valence-electron chi connectivity index (χ0n) is 10.5. The summed E-state index contributed by atoms with van der Waals surface area (Å²) in [6.07, 6.45) is -0.107. The molecule has 1 rings (SSSR count). The van der Waals surface area contributed by atoms with Crippen LogP contribution in [0.3, 0.4) is 0 Å². The highest BCUT2D eigenvalue weighted by atomic mass is 32.2. The monoisotopic (exact) mass is 289 g/mol. The van der Waals surface area contributed by atoms with Gasteiger partial charge in [0.2, 0.25) is 0 Å². The second-order valence-corrected chi connectivity index (χ2v) is 4.91. The Hall–Kier alpha value is -0.985. The molecule has 0 fully saturated rings. The molecule has 0 aromatic heterocycles. The maximum absolute atomic E-state index is 12.5. The predicted octanol–water partition coefficient (Wildman–Crippen LogP) is 1.33. The van der Waals surface area contributed by atoms with Crippen LogP contribution in [0.1, 0.15) is 5.56 Å². The second kappa shape index (κ2) is 6.45. The highest BCUT2D eigenvalue weighted by Gasteiger charge is 2.20. The van der Waals surface area contributed by atoms with Gasteiger partial charge in [0.25, 0.3) is 5.76 Å². The molecule has 0 saturated carbocycles. The van der Waals surface area contributed by atoms with Crippen LogP contribution in [0.4, 0.5) is 8.78 Å². The summed E-state index contributed by atoms with van der Waals surface area (Å²) in [4.78, 5) is 0.191. The van der Waals surface area contributed by atoms with Crippen molar-refractivity contribution in [2.75, 3.05) is 14.2 Å². The summed E-state index contributed by atoms with van der Waals surface area (Å²) < 4.78 is 35.1. The number of benzene rings is 1. The minimum absolute atomic E-state index is 0.107. The smallest absolute Gasteiger partial charge is 0.289 e. The lowest BCUT2D eigenvalue weighted by Gasteiger charge is -2.20. The van der Waals surface area contributed by atoms with E-state index in [-0.39, 0.29) is 22.8 Å². The molecule has 104 valence electrons. The summed E-state index contributed by atoms with van der Waals surface area (Å²) in [5.41, 5.74) is 3.83. The van der Waals surface area contributed by atoms with Crippen molar-refractivity contribution in [1.29, 1.82) is 0 Å². The average Bonchev–Trinajstić information content (AvgIpc) is 2.25. The van der Waals surface area contributed by atoms with Gasteiger partial charge in [0.05, 0.1) is 24.7 Å². The lowest BCUT2D eigenvalue weighted by atomic mass is 9.86. The molecular formula is C11H14BF2NO3S. The Bertz CT molecular complexity index is 441. The van der Waals surface area contributed by atoms with Gasteiger partial charge in [-0.05, 0) is 17.7 Å². The molecule has 1 atom stereocenters. The molecule has 19 heavy (non-hydrogen) atoms. The molecule has 0 heterocycles. The van der Waals surface area contributed by atoms with Crippen molar-refractivity contribution in [2.45, 2.75) is 22.7 Å². The fourth-order valence-corrected chi connectivity index (χ4v) is 2.30. The van der Waals surface area contributed by atoms with E-state index < -0.39 is 11.4 Å². The molecule has 1 aromatic rings. The quantitative estimate of drug-likeness (QED) is 0.470. The molecular weight excluding hydrogens is 275 g/mol. The molecule has 0 amide bonds. The zero-order valence-corrected chi connectivity index (χ0v) is 11.3. The third-order valence-electron chi connectivity index (χ3n) is 2.21. The Morgan fingerprint density at radius 3 is 2.47 bits per heavy atom. The Labute approximate surface area is 115 Å². The van der Waals surface area contributed by atoms with E-state index in [0.29, 0.717) is 17.3 Å². The molecule has 4 nitrogen and oxygen atoms in total. The van der Waals surface area contributed by atoms with Gasteiger partial charge in [-0.15, -0.1) is 0 Å². The van der Waals surface area contributed by atoms with Gasteiger partial charge in [0, 0.05) is 6.42 Å². The Kier molecular flexibility index (Phi) is 5.45. The van der Waals surface area contributed by atoms with Crippen molar-refractivity contribution in [2.24, 2.45) is 5.73 Å². The zero-order chi connectivity index (χ0) is 14.6. The molecule has 0 spiro atoms. The number of halogens is 2. The lowest BCUT2D eigenvalue weighted by Crippen LogP contribution is -2.42. The van der Waals surface area contributed by atoms with E-state index in [4.69, 9.17) is 23.1 Å². The van der Waals surface area contributed by atoms with E-state index >= 15 is 0 Å². The van der Waals surface area contributed by atoms with Crippen molar-refractivity contribution in [3.05, 3.63) is 17.7 Å². The van der Waals surface area contributed by atoms with Crippen LogP contribution in [-0.2, 0) is 6.42 Å². The molecule has 2 radical (unpaired) electrons. The largest absolute Gasteiger partial charge is 0.493 e. The fraction of sp³-hybridized carbons (Fsp3) is 0.455. The molecule has 0 aliphatic heterocycles. The molecule has 1 aromatic carbocycles. The third-order valence-corrected chi connectivity index (χ3v) is 2.94. The first kappa shape index (κ1) is 16.1. The van der Waals surface area contributed by atoms with Crippen molar-refractivity contribution in [3.8, 4) is 11.5 Å². The number of rotatable bonds is 6. The number of thioether (sulfide) groups is 1. The second-order valence-electron chi connectivity index (χ2n) is 3.88. The van der Waals surface area contributed by atoms with Crippen LogP contribution < -0.4 is 15.2 Å². The molecule has 0 aliphatic carbocycles. The van der Waals surface area contributed by atoms with Crippen LogP contribution in [-0.4, -0.2) is 38.6 Å². The van der Waals surface area contributed by atoms with Gasteiger partial charge in [-0.2, -0.15) is 8.78 Å². The average molecular weight is 289 g/mol. The fourth-order valence-electron chi connectivity index (χ4n) is 1.60. The molecule has 0 saturated heterocycles. The van der Waals surface area contributed by atoms with Gasteiger partial charge in [0.15, 0.2) is 11.5 Å². The van der Waals surface area contributed by atoms with Crippen LogP contribution in [0.25, 0.3) is 0 Å². The summed E-state index contributed by atoms with van der Waals surface area (Å²) in [6, 6.07) is 2.96. The minimum atomic E-state index is -2.61. The van der Waals surface area contributed by atoms with Gasteiger partial charge in [-0.1, -0.05) is 11.8 Å². The van der Waals surface area contributed by atoms with E-state index in [0.717, 1.165) is 0 Å². The van der Waals surface area contributed by atoms with Crippen LogP contribution in [0.2, 0.25) is 0 Å². The summed E-state index contributed by atoms with van der Waals surface area (Å²) in [5, 5.41) is 9.36. The molecule has 3 N–H and O–H groups in total. The summed E-state index contributed by atoms with van der Waals surface area (Å²) in [5.74, 6) is -2.13. The van der Waals surface area contributed by atoms with E-state index in [2.05, 4.69) is 0 Å². The molecule has 8 heteroatoms. The Morgan fingerprint density at radius 1 is 1.42 bits per heavy atom. The van der Waals surface area contributed by atoms with Crippen LogP contribution in [0.5, 0.6) is 11.5 Å². The van der Waals surface area contributed by atoms with Crippen LogP contribution in [0.15, 0.2) is 17.0 Å². The van der Waals surface area contributed by atoms with Crippen LogP contribution >= 0.6 is 11.8 Å². The number of hydrogen-bond donors (Lipinski definition) is 2. The summed E-state index contributed by atoms with van der Waals surface area (Å²) >= 11 is 0.318. The molecule has 0 bridgehead atoms. The number of nitrogens with two attached hydrogens (primary N) is 1. The van der Waals surface area contributed by atoms with Gasteiger partial charge in [-0.3, -0.25) is 0 Å². The van der Waals surface area contributed by atoms with Crippen LogP contribution in [0, 0.1) is 0 Å². The summed E-state index contributed by atoms with van der Waals surface area (Å²) in [6.45, 7) is 0. The topological polar surface area (TPSA) is 64.7 Å². The predicted molar refractivity (Wildman–Crippen MR) is 70.0 cm³/mol. The van der Waals surface area contributed by atoms with Crippen molar-refractivity contribution >= 4 is 19.6 Å². The van der Waals surface area contributed by atoms with Gasteiger partial charge < -0.3 is 20.3 Å². The number of methoxy groups -OCH3 is 2. The molecule has 1 unspecified atom stereocenters.